The van der Waals surface area contributed by atoms with Gasteiger partial charge >= 0.3 is 0 Å². The van der Waals surface area contributed by atoms with Crippen molar-refractivity contribution in [3.05, 3.63) is 18.0 Å². The minimum absolute atomic E-state index is 0.0278. The number of amides is 1. The van der Waals surface area contributed by atoms with Gasteiger partial charge in [-0.25, -0.2) is 0 Å². The Morgan fingerprint density at radius 1 is 1.56 bits per heavy atom. The van der Waals surface area contributed by atoms with Gasteiger partial charge in [0.25, 0.3) is 0 Å². The summed E-state index contributed by atoms with van der Waals surface area (Å²) in [6.07, 6.45) is 4.21. The van der Waals surface area contributed by atoms with Crippen molar-refractivity contribution in [2.45, 2.75) is 38.4 Å². The third-order valence-electron chi connectivity index (χ3n) is 3.12. The van der Waals surface area contributed by atoms with E-state index in [1.54, 1.807) is 18.1 Å². The molecule has 1 aromatic heterocycles. The average Bonchev–Trinajstić information content (AvgIpc) is 2.74. The van der Waals surface area contributed by atoms with Crippen molar-refractivity contribution in [2.75, 3.05) is 7.05 Å². The molecule has 2 N–H and O–H groups in total. The molecule has 16 heavy (non-hydrogen) atoms. The molecule has 5 nitrogen and oxygen atoms in total. The second-order valence-electron chi connectivity index (χ2n) is 4.66. The molecule has 0 saturated carbocycles. The Morgan fingerprint density at radius 2 is 2.25 bits per heavy atom. The summed E-state index contributed by atoms with van der Waals surface area (Å²) in [6, 6.07) is 0.176. The van der Waals surface area contributed by atoms with Crippen molar-refractivity contribution in [3.8, 4) is 0 Å². The van der Waals surface area contributed by atoms with Gasteiger partial charge in [-0.1, -0.05) is 0 Å². The summed E-state index contributed by atoms with van der Waals surface area (Å²) in [5, 5.41) is 4.28. The molecule has 0 radical (unpaired) electrons. The van der Waals surface area contributed by atoms with Crippen LogP contribution in [0.5, 0.6) is 0 Å². The minimum Gasteiger partial charge on any atom is -0.337 e. The number of nitrogens with two attached hydrogens (primary N) is 1. The molecule has 2 atom stereocenters. The first-order chi connectivity index (χ1) is 7.50. The van der Waals surface area contributed by atoms with E-state index in [2.05, 4.69) is 18.9 Å². The van der Waals surface area contributed by atoms with Gasteiger partial charge in [-0.3, -0.25) is 9.48 Å². The van der Waals surface area contributed by atoms with E-state index >= 15 is 0 Å². The van der Waals surface area contributed by atoms with E-state index < -0.39 is 0 Å². The summed E-state index contributed by atoms with van der Waals surface area (Å²) in [7, 11) is 1.80. The molecule has 1 fully saturated rings. The number of hydrogen-bond acceptors (Lipinski definition) is 3. The van der Waals surface area contributed by atoms with Crippen LogP contribution < -0.4 is 5.73 Å². The van der Waals surface area contributed by atoms with Crippen LogP contribution in [0.25, 0.3) is 0 Å². The van der Waals surface area contributed by atoms with Gasteiger partial charge in [-0.05, 0) is 13.8 Å². The summed E-state index contributed by atoms with van der Waals surface area (Å²) in [5.74, 6) is 0.106. The Morgan fingerprint density at radius 3 is 2.69 bits per heavy atom. The minimum atomic E-state index is -0.123. The molecule has 1 aliphatic heterocycles. The predicted octanol–water partition coefficient (Wildman–Crippen LogP) is 0.695. The highest BCUT2D eigenvalue weighted by Crippen LogP contribution is 2.30. The van der Waals surface area contributed by atoms with Gasteiger partial charge in [0, 0.05) is 37.3 Å². The molecule has 0 aromatic carbocycles. The molecule has 0 bridgehead atoms. The lowest BCUT2D eigenvalue weighted by Gasteiger charge is -2.21. The summed E-state index contributed by atoms with van der Waals surface area (Å²) in [4.78, 5) is 13.2. The van der Waals surface area contributed by atoms with Crippen molar-refractivity contribution in [2.24, 2.45) is 5.73 Å². The fraction of sp³-hybridized carbons (Fsp3) is 0.636. The number of aromatic nitrogens is 2. The van der Waals surface area contributed by atoms with Crippen molar-refractivity contribution >= 4 is 5.91 Å². The van der Waals surface area contributed by atoms with Crippen LogP contribution >= 0.6 is 0 Å². The van der Waals surface area contributed by atoms with Crippen LogP contribution in [0.4, 0.5) is 0 Å². The molecule has 1 aromatic rings. The normalized spacial score (nSPS) is 25.8. The van der Waals surface area contributed by atoms with Crippen molar-refractivity contribution in [1.82, 2.24) is 14.7 Å². The third kappa shape index (κ3) is 1.71. The fourth-order valence-corrected chi connectivity index (χ4v) is 2.16. The summed E-state index contributed by atoms with van der Waals surface area (Å²) in [6.45, 7) is 4.14. The lowest BCUT2D eigenvalue weighted by Crippen LogP contribution is -2.30. The lowest BCUT2D eigenvalue weighted by molar-refractivity contribution is -0.127. The maximum absolute atomic E-state index is 11.5. The maximum Gasteiger partial charge on any atom is 0.224 e. The monoisotopic (exact) mass is 222 g/mol. The lowest BCUT2D eigenvalue weighted by atomic mass is 10.0. The van der Waals surface area contributed by atoms with Crippen molar-refractivity contribution in [1.29, 1.82) is 0 Å². The Hall–Kier alpha value is -1.36. The second-order valence-corrected chi connectivity index (χ2v) is 4.66. The molecule has 2 rings (SSSR count). The van der Waals surface area contributed by atoms with Crippen LogP contribution in [-0.2, 0) is 4.79 Å². The van der Waals surface area contributed by atoms with E-state index in [4.69, 9.17) is 5.73 Å². The molecule has 2 unspecified atom stereocenters. The molecule has 1 aliphatic rings. The van der Waals surface area contributed by atoms with E-state index in [9.17, 15) is 4.79 Å². The van der Waals surface area contributed by atoms with Gasteiger partial charge in [0.2, 0.25) is 5.91 Å². The van der Waals surface area contributed by atoms with Crippen LogP contribution in [0.2, 0.25) is 0 Å². The first-order valence-corrected chi connectivity index (χ1v) is 5.56. The van der Waals surface area contributed by atoms with Crippen molar-refractivity contribution < 1.29 is 4.79 Å². The van der Waals surface area contributed by atoms with E-state index in [0.29, 0.717) is 12.5 Å². The second kappa shape index (κ2) is 3.90. The first-order valence-electron chi connectivity index (χ1n) is 5.56. The zero-order valence-corrected chi connectivity index (χ0v) is 9.92. The highest BCUT2D eigenvalue weighted by Gasteiger charge is 2.36. The quantitative estimate of drug-likeness (QED) is 0.801. The van der Waals surface area contributed by atoms with Crippen LogP contribution in [-0.4, -0.2) is 33.7 Å². The summed E-state index contributed by atoms with van der Waals surface area (Å²) < 4.78 is 1.89. The zero-order valence-electron chi connectivity index (χ0n) is 9.92. The van der Waals surface area contributed by atoms with E-state index in [1.165, 1.54) is 0 Å². The highest BCUT2D eigenvalue weighted by atomic mass is 16.2. The number of carbonyl (C=O) groups is 1. The van der Waals surface area contributed by atoms with E-state index in [0.717, 1.165) is 5.56 Å². The molecule has 1 saturated heterocycles. The Bertz CT molecular complexity index is 398. The van der Waals surface area contributed by atoms with Gasteiger partial charge in [0.15, 0.2) is 0 Å². The Kier molecular flexibility index (Phi) is 2.71. The number of nitrogens with zero attached hydrogens (tertiary/aromatic N) is 3. The number of hydrogen-bond donors (Lipinski definition) is 1. The van der Waals surface area contributed by atoms with Gasteiger partial charge in [-0.2, -0.15) is 5.10 Å². The molecule has 0 spiro atoms. The smallest absolute Gasteiger partial charge is 0.224 e. The molecular formula is C11H18N4O. The third-order valence-corrected chi connectivity index (χ3v) is 3.12. The van der Waals surface area contributed by atoms with Gasteiger partial charge in [0.1, 0.15) is 0 Å². The van der Waals surface area contributed by atoms with Crippen LogP contribution in [0.1, 0.15) is 37.9 Å². The van der Waals surface area contributed by atoms with E-state index in [-0.39, 0.29) is 18.0 Å². The molecule has 88 valence electrons. The molecule has 0 aliphatic carbocycles. The van der Waals surface area contributed by atoms with Gasteiger partial charge < -0.3 is 10.6 Å². The van der Waals surface area contributed by atoms with Crippen LogP contribution in [0.15, 0.2) is 12.4 Å². The van der Waals surface area contributed by atoms with Crippen molar-refractivity contribution in [3.63, 3.8) is 0 Å². The Labute approximate surface area is 95.2 Å². The van der Waals surface area contributed by atoms with Crippen LogP contribution in [0, 0.1) is 0 Å². The number of rotatable bonds is 2. The Balaban J connectivity index is 2.26. The first kappa shape index (κ1) is 11.1. The summed E-state index contributed by atoms with van der Waals surface area (Å²) in [5.41, 5.74) is 7.00. The average molecular weight is 222 g/mol. The topological polar surface area (TPSA) is 64.2 Å². The SMILES string of the molecule is CC(C)n1cc(C2C(N)CC(=O)N2C)cn1. The standard InChI is InChI=1S/C11H18N4O/c1-7(2)15-6-8(5-13-15)11-9(12)4-10(16)14(11)3/h5-7,9,11H,4,12H2,1-3H3. The largest absolute Gasteiger partial charge is 0.337 e. The van der Waals surface area contributed by atoms with Crippen LogP contribution in [0.3, 0.4) is 0 Å². The zero-order chi connectivity index (χ0) is 11.9. The van der Waals surface area contributed by atoms with Gasteiger partial charge in [-0.15, -0.1) is 0 Å². The highest BCUT2D eigenvalue weighted by molar-refractivity contribution is 5.80. The number of likely N-dealkylation sites (N-methyl/N-ethyl adjacent to an activating group) is 1. The van der Waals surface area contributed by atoms with E-state index in [1.807, 2.05) is 10.9 Å². The predicted molar refractivity (Wildman–Crippen MR) is 60.7 cm³/mol. The number of likely N-dealkylation sites (tertiary alicyclic amines) is 1. The summed E-state index contributed by atoms with van der Waals surface area (Å²) >= 11 is 0. The molecule has 2 heterocycles. The fourth-order valence-electron chi connectivity index (χ4n) is 2.16. The molecular weight excluding hydrogens is 204 g/mol. The maximum atomic E-state index is 11.5. The number of carbonyl (C=O) groups excluding carboxylic acids is 1. The molecule has 1 amide bonds. The molecule has 5 heteroatoms. The van der Waals surface area contributed by atoms with Gasteiger partial charge in [0.05, 0.1) is 12.2 Å².